The van der Waals surface area contributed by atoms with E-state index in [2.05, 4.69) is 0 Å². The summed E-state index contributed by atoms with van der Waals surface area (Å²) in [7, 11) is 1.50. The standard InChI is InChI=1S/C11H13Cl2NO2/c1-16-6-9(14)10(15)5-7-3-2-4-8(12)11(7)13/h2-4,9H,5-6,14H2,1H3. The molecule has 5 heteroatoms. The number of ether oxygens (including phenoxy) is 1. The van der Waals surface area contributed by atoms with Gasteiger partial charge >= 0.3 is 0 Å². The molecule has 3 nitrogen and oxygen atoms in total. The molecule has 0 saturated heterocycles. The van der Waals surface area contributed by atoms with Crippen molar-refractivity contribution in [2.75, 3.05) is 13.7 Å². The molecule has 1 aromatic rings. The zero-order chi connectivity index (χ0) is 12.1. The molecule has 1 unspecified atom stereocenters. The molecule has 1 rings (SSSR count). The summed E-state index contributed by atoms with van der Waals surface area (Å²) >= 11 is 11.8. The van der Waals surface area contributed by atoms with Crippen LogP contribution in [0.2, 0.25) is 10.0 Å². The van der Waals surface area contributed by atoms with E-state index in [1.807, 2.05) is 0 Å². The third-order valence-electron chi connectivity index (χ3n) is 2.16. The fourth-order valence-corrected chi connectivity index (χ4v) is 1.66. The summed E-state index contributed by atoms with van der Waals surface area (Å²) in [5, 5.41) is 0.842. The lowest BCUT2D eigenvalue weighted by Gasteiger charge is -2.10. The summed E-state index contributed by atoms with van der Waals surface area (Å²) in [4.78, 5) is 11.7. The van der Waals surface area contributed by atoms with Crippen LogP contribution in [-0.4, -0.2) is 25.5 Å². The maximum atomic E-state index is 11.7. The first-order chi connectivity index (χ1) is 7.56. The van der Waals surface area contributed by atoms with E-state index in [1.165, 1.54) is 7.11 Å². The second-order valence-electron chi connectivity index (χ2n) is 3.42. The number of ketones is 1. The summed E-state index contributed by atoms with van der Waals surface area (Å²) < 4.78 is 4.81. The number of carbonyl (C=O) groups is 1. The van der Waals surface area contributed by atoms with Gasteiger partial charge in [0.2, 0.25) is 0 Å². The number of hydrogen-bond acceptors (Lipinski definition) is 3. The third kappa shape index (κ3) is 3.46. The molecule has 2 N–H and O–H groups in total. The van der Waals surface area contributed by atoms with Crippen LogP contribution in [0.25, 0.3) is 0 Å². The summed E-state index contributed by atoms with van der Waals surface area (Å²) in [6, 6.07) is 4.55. The molecule has 0 heterocycles. The fraction of sp³-hybridized carbons (Fsp3) is 0.364. The van der Waals surface area contributed by atoms with Crippen molar-refractivity contribution in [3.63, 3.8) is 0 Å². The predicted molar refractivity (Wildman–Crippen MR) is 65.0 cm³/mol. The Balaban J connectivity index is 2.73. The highest BCUT2D eigenvalue weighted by Crippen LogP contribution is 2.25. The molecule has 0 aliphatic rings. The van der Waals surface area contributed by atoms with Gasteiger partial charge in [-0.25, -0.2) is 0 Å². The number of methoxy groups -OCH3 is 1. The molecule has 0 fully saturated rings. The van der Waals surface area contributed by atoms with E-state index in [0.717, 1.165) is 0 Å². The summed E-state index contributed by atoms with van der Waals surface area (Å²) in [5.41, 5.74) is 6.30. The summed E-state index contributed by atoms with van der Waals surface area (Å²) in [5.74, 6) is -0.119. The molecule has 0 spiro atoms. The van der Waals surface area contributed by atoms with Gasteiger partial charge in [0.25, 0.3) is 0 Å². The molecule has 0 saturated carbocycles. The van der Waals surface area contributed by atoms with Gasteiger partial charge in [-0.1, -0.05) is 35.3 Å². The van der Waals surface area contributed by atoms with Crippen LogP contribution in [-0.2, 0) is 16.0 Å². The molecule has 16 heavy (non-hydrogen) atoms. The Bertz CT molecular complexity index is 382. The van der Waals surface area contributed by atoms with E-state index < -0.39 is 6.04 Å². The lowest BCUT2D eigenvalue weighted by molar-refractivity contribution is -0.120. The first-order valence-corrected chi connectivity index (χ1v) is 5.52. The zero-order valence-electron chi connectivity index (χ0n) is 8.87. The lowest BCUT2D eigenvalue weighted by atomic mass is 10.0. The van der Waals surface area contributed by atoms with Gasteiger partial charge in [-0.15, -0.1) is 0 Å². The van der Waals surface area contributed by atoms with Gasteiger partial charge < -0.3 is 10.5 Å². The van der Waals surface area contributed by atoms with Crippen molar-refractivity contribution in [1.29, 1.82) is 0 Å². The number of hydrogen-bond donors (Lipinski definition) is 1. The minimum atomic E-state index is -0.625. The van der Waals surface area contributed by atoms with Crippen LogP contribution in [0.4, 0.5) is 0 Å². The van der Waals surface area contributed by atoms with Crippen LogP contribution in [0.1, 0.15) is 5.56 Å². The van der Waals surface area contributed by atoms with Crippen molar-refractivity contribution in [3.8, 4) is 0 Å². The highest BCUT2D eigenvalue weighted by Gasteiger charge is 2.15. The van der Waals surface area contributed by atoms with E-state index >= 15 is 0 Å². The molecule has 0 aliphatic heterocycles. The second kappa shape index (κ2) is 6.21. The Labute approximate surface area is 104 Å². The number of carbonyl (C=O) groups excluding carboxylic acids is 1. The highest BCUT2D eigenvalue weighted by atomic mass is 35.5. The van der Waals surface area contributed by atoms with Crippen molar-refractivity contribution in [3.05, 3.63) is 33.8 Å². The van der Waals surface area contributed by atoms with Crippen LogP contribution >= 0.6 is 23.2 Å². The molecule has 0 radical (unpaired) electrons. The number of Topliss-reactive ketones (excluding diaryl/α,β-unsaturated/α-hetero) is 1. The number of benzene rings is 1. The van der Waals surface area contributed by atoms with Crippen molar-refractivity contribution in [2.45, 2.75) is 12.5 Å². The van der Waals surface area contributed by atoms with E-state index in [0.29, 0.717) is 15.6 Å². The molecule has 1 atom stereocenters. The molecular formula is C11H13Cl2NO2. The Morgan fingerprint density at radius 2 is 2.19 bits per heavy atom. The Morgan fingerprint density at radius 3 is 2.81 bits per heavy atom. The largest absolute Gasteiger partial charge is 0.383 e. The first kappa shape index (κ1) is 13.5. The van der Waals surface area contributed by atoms with Gasteiger partial charge in [0.15, 0.2) is 5.78 Å². The minimum absolute atomic E-state index is 0.119. The zero-order valence-corrected chi connectivity index (χ0v) is 10.4. The summed E-state index contributed by atoms with van der Waals surface area (Å²) in [6.07, 6.45) is 0.171. The van der Waals surface area contributed by atoms with Gasteiger partial charge in [-0.2, -0.15) is 0 Å². The molecular weight excluding hydrogens is 249 g/mol. The van der Waals surface area contributed by atoms with E-state index in [9.17, 15) is 4.79 Å². The van der Waals surface area contributed by atoms with Crippen LogP contribution in [0.3, 0.4) is 0 Å². The van der Waals surface area contributed by atoms with Gasteiger partial charge in [-0.05, 0) is 11.6 Å². The van der Waals surface area contributed by atoms with E-state index in [-0.39, 0.29) is 18.8 Å². The Hall–Kier alpha value is -0.610. The number of halogens is 2. The molecule has 0 bridgehead atoms. The topological polar surface area (TPSA) is 52.3 Å². The average molecular weight is 262 g/mol. The second-order valence-corrected chi connectivity index (χ2v) is 4.20. The van der Waals surface area contributed by atoms with E-state index in [1.54, 1.807) is 18.2 Å². The number of nitrogens with two attached hydrogens (primary N) is 1. The van der Waals surface area contributed by atoms with Crippen molar-refractivity contribution in [1.82, 2.24) is 0 Å². The quantitative estimate of drug-likeness (QED) is 0.883. The monoisotopic (exact) mass is 261 g/mol. The smallest absolute Gasteiger partial charge is 0.156 e. The third-order valence-corrected chi connectivity index (χ3v) is 3.01. The van der Waals surface area contributed by atoms with Gasteiger partial charge in [-0.3, -0.25) is 4.79 Å². The lowest BCUT2D eigenvalue weighted by Crippen LogP contribution is -2.36. The maximum absolute atomic E-state index is 11.7. The highest BCUT2D eigenvalue weighted by molar-refractivity contribution is 6.42. The minimum Gasteiger partial charge on any atom is -0.383 e. The van der Waals surface area contributed by atoms with Gasteiger partial charge in [0, 0.05) is 13.5 Å². The number of rotatable bonds is 5. The average Bonchev–Trinajstić information content (AvgIpc) is 2.25. The van der Waals surface area contributed by atoms with Crippen LogP contribution in [0.15, 0.2) is 18.2 Å². The van der Waals surface area contributed by atoms with Crippen molar-refractivity contribution >= 4 is 29.0 Å². The summed E-state index contributed by atoms with van der Waals surface area (Å²) in [6.45, 7) is 0.205. The van der Waals surface area contributed by atoms with Gasteiger partial charge in [0.1, 0.15) is 0 Å². The Kier molecular flexibility index (Phi) is 5.22. The molecule has 1 aromatic carbocycles. The normalized spacial score (nSPS) is 12.5. The van der Waals surface area contributed by atoms with Gasteiger partial charge in [0.05, 0.1) is 22.7 Å². The van der Waals surface area contributed by atoms with Crippen molar-refractivity contribution < 1.29 is 9.53 Å². The van der Waals surface area contributed by atoms with Crippen LogP contribution < -0.4 is 5.73 Å². The van der Waals surface area contributed by atoms with Crippen LogP contribution in [0, 0.1) is 0 Å². The van der Waals surface area contributed by atoms with Crippen molar-refractivity contribution in [2.24, 2.45) is 5.73 Å². The molecule has 0 aromatic heterocycles. The predicted octanol–water partition coefficient (Wildman–Crippen LogP) is 2.08. The first-order valence-electron chi connectivity index (χ1n) is 4.76. The maximum Gasteiger partial charge on any atom is 0.156 e. The SMILES string of the molecule is COCC(N)C(=O)Cc1cccc(Cl)c1Cl. The molecule has 88 valence electrons. The molecule has 0 aliphatic carbocycles. The van der Waals surface area contributed by atoms with Crippen LogP contribution in [0.5, 0.6) is 0 Å². The molecule has 0 amide bonds. The fourth-order valence-electron chi connectivity index (χ4n) is 1.28. The Morgan fingerprint density at radius 1 is 1.50 bits per heavy atom. The van der Waals surface area contributed by atoms with E-state index in [4.69, 9.17) is 33.7 Å².